The van der Waals surface area contributed by atoms with Gasteiger partial charge in [-0.25, -0.2) is 0 Å². The smallest absolute Gasteiger partial charge is 0.262 e. The van der Waals surface area contributed by atoms with Crippen LogP contribution in [0, 0.1) is 0 Å². The Balaban J connectivity index is 1.33. The molecule has 0 radical (unpaired) electrons. The zero-order valence-corrected chi connectivity index (χ0v) is 17.3. The number of imide groups is 2. The first kappa shape index (κ1) is 20.3. The van der Waals surface area contributed by atoms with Crippen molar-refractivity contribution >= 4 is 29.4 Å². The number of fused-ring (bicyclic) bond motifs is 1. The summed E-state index contributed by atoms with van der Waals surface area (Å²) in [5.41, 5.74) is 2.05. The highest BCUT2D eigenvalue weighted by molar-refractivity contribution is 6.24. The average Bonchev–Trinajstić information content (AvgIpc) is 3.41. The van der Waals surface area contributed by atoms with E-state index in [2.05, 4.69) is 26.1 Å². The first-order valence-electron chi connectivity index (χ1n) is 10.7. The van der Waals surface area contributed by atoms with Crippen LogP contribution in [-0.2, 0) is 16.1 Å². The van der Waals surface area contributed by atoms with Crippen LogP contribution < -0.4 is 16.0 Å². The third-order valence-corrected chi connectivity index (χ3v) is 6.12. The molecule has 2 unspecified atom stereocenters. The molecule has 4 heterocycles. The minimum Gasteiger partial charge on any atom is -0.364 e. The van der Waals surface area contributed by atoms with Crippen LogP contribution in [0.5, 0.6) is 0 Å². The van der Waals surface area contributed by atoms with E-state index >= 15 is 0 Å². The zero-order valence-electron chi connectivity index (χ0n) is 17.3. The van der Waals surface area contributed by atoms with Crippen LogP contribution in [0.2, 0.25) is 0 Å². The molecule has 1 aromatic heterocycles. The van der Waals surface area contributed by atoms with E-state index in [-0.39, 0.29) is 36.6 Å². The second-order valence-electron chi connectivity index (χ2n) is 8.13. The zero-order chi connectivity index (χ0) is 22.2. The minimum atomic E-state index is -0.983. The normalized spacial score (nSPS) is 22.8. The number of aromatic nitrogens is 2. The monoisotopic (exact) mass is 434 g/mol. The number of hydrogen-bond acceptors (Lipinski definition) is 8. The van der Waals surface area contributed by atoms with E-state index in [0.29, 0.717) is 11.4 Å². The second-order valence-corrected chi connectivity index (χ2v) is 8.13. The number of hydrogen-bond donors (Lipinski definition) is 3. The highest BCUT2D eigenvalue weighted by atomic mass is 16.2. The Morgan fingerprint density at radius 2 is 1.91 bits per heavy atom. The van der Waals surface area contributed by atoms with Crippen molar-refractivity contribution in [2.75, 3.05) is 11.9 Å². The Morgan fingerprint density at radius 3 is 2.62 bits per heavy atom. The molecule has 2 saturated heterocycles. The maximum absolute atomic E-state index is 13.1. The molecule has 10 heteroatoms. The maximum Gasteiger partial charge on any atom is 0.262 e. The number of nitrogens with one attached hydrogen (secondary N) is 3. The maximum atomic E-state index is 13.1. The highest BCUT2D eigenvalue weighted by Gasteiger charge is 2.45. The predicted molar refractivity (Wildman–Crippen MR) is 112 cm³/mol. The molecule has 0 bridgehead atoms. The van der Waals surface area contributed by atoms with Gasteiger partial charge in [-0.2, -0.15) is 5.10 Å². The fourth-order valence-electron chi connectivity index (χ4n) is 4.48. The van der Waals surface area contributed by atoms with Crippen molar-refractivity contribution in [1.29, 1.82) is 0 Å². The molecule has 10 nitrogen and oxygen atoms in total. The lowest BCUT2D eigenvalue weighted by Gasteiger charge is -2.27. The Hall–Kier alpha value is -3.66. The molecule has 4 amide bonds. The number of carbonyl (C=O) groups excluding carboxylic acids is 4. The van der Waals surface area contributed by atoms with Gasteiger partial charge in [0.2, 0.25) is 11.8 Å². The van der Waals surface area contributed by atoms with Crippen molar-refractivity contribution < 1.29 is 19.2 Å². The first-order valence-corrected chi connectivity index (χ1v) is 10.7. The van der Waals surface area contributed by atoms with Gasteiger partial charge in [-0.05, 0) is 49.6 Å². The lowest BCUT2D eigenvalue weighted by Crippen LogP contribution is -2.54. The van der Waals surface area contributed by atoms with Gasteiger partial charge in [-0.15, -0.1) is 5.10 Å². The van der Waals surface area contributed by atoms with Gasteiger partial charge in [0.25, 0.3) is 11.8 Å². The molecule has 2 atom stereocenters. The summed E-state index contributed by atoms with van der Waals surface area (Å²) < 4.78 is 0. The summed E-state index contributed by atoms with van der Waals surface area (Å²) in [6.45, 7) is 1.25. The van der Waals surface area contributed by atoms with Gasteiger partial charge in [-0.3, -0.25) is 29.4 Å². The molecule has 3 aliphatic rings. The largest absolute Gasteiger partial charge is 0.364 e. The van der Waals surface area contributed by atoms with Gasteiger partial charge in [0.05, 0.1) is 22.9 Å². The summed E-state index contributed by atoms with van der Waals surface area (Å²) in [5, 5.41) is 17.2. The topological polar surface area (TPSA) is 133 Å². The summed E-state index contributed by atoms with van der Waals surface area (Å²) in [5.74, 6) is -1.51. The molecule has 2 fully saturated rings. The molecule has 0 aliphatic carbocycles. The van der Waals surface area contributed by atoms with E-state index in [1.165, 1.54) is 0 Å². The SMILES string of the molecule is O=C1CCC(N2C(=O)c3cccc(CNc4ccc(C5CCCN5)nn4)c3C2=O)C(=O)N1. The number of amides is 4. The summed E-state index contributed by atoms with van der Waals surface area (Å²) in [7, 11) is 0. The van der Waals surface area contributed by atoms with Crippen molar-refractivity contribution in [1.82, 2.24) is 25.7 Å². The molecular formula is C22H22N6O4. The first-order chi connectivity index (χ1) is 15.5. The van der Waals surface area contributed by atoms with Crippen molar-refractivity contribution in [3.63, 3.8) is 0 Å². The summed E-state index contributed by atoms with van der Waals surface area (Å²) in [6, 6.07) is 8.06. The molecule has 5 rings (SSSR count). The number of carbonyl (C=O) groups is 4. The summed E-state index contributed by atoms with van der Waals surface area (Å²) >= 11 is 0. The molecule has 32 heavy (non-hydrogen) atoms. The van der Waals surface area contributed by atoms with Crippen LogP contribution in [-0.4, -0.2) is 51.3 Å². The molecule has 2 aromatic rings. The Morgan fingerprint density at radius 1 is 1.03 bits per heavy atom. The molecule has 164 valence electrons. The number of rotatable bonds is 5. The molecule has 1 aromatic carbocycles. The quantitative estimate of drug-likeness (QED) is 0.592. The summed E-state index contributed by atoms with van der Waals surface area (Å²) in [4.78, 5) is 50.7. The van der Waals surface area contributed by atoms with Crippen molar-refractivity contribution in [2.45, 2.75) is 44.3 Å². The van der Waals surface area contributed by atoms with Crippen LogP contribution >= 0.6 is 0 Å². The Kier molecular flexibility index (Phi) is 5.14. The van der Waals surface area contributed by atoms with Gasteiger partial charge < -0.3 is 10.6 Å². The lowest BCUT2D eigenvalue weighted by atomic mass is 10.0. The van der Waals surface area contributed by atoms with Crippen molar-refractivity contribution in [3.05, 3.63) is 52.7 Å². The number of piperidine rings is 1. The molecule has 3 N–H and O–H groups in total. The third-order valence-electron chi connectivity index (χ3n) is 6.12. The van der Waals surface area contributed by atoms with E-state index in [1.807, 2.05) is 12.1 Å². The molecule has 0 spiro atoms. The van der Waals surface area contributed by atoms with Gasteiger partial charge in [0, 0.05) is 13.0 Å². The van der Waals surface area contributed by atoms with E-state index < -0.39 is 29.7 Å². The minimum absolute atomic E-state index is 0.0866. The highest BCUT2D eigenvalue weighted by Crippen LogP contribution is 2.30. The molecule has 0 saturated carbocycles. The fraction of sp³-hybridized carbons (Fsp3) is 0.364. The fourth-order valence-corrected chi connectivity index (χ4v) is 4.48. The van der Waals surface area contributed by atoms with Gasteiger partial charge in [0.15, 0.2) is 0 Å². The Labute approximate surface area is 183 Å². The summed E-state index contributed by atoms with van der Waals surface area (Å²) in [6.07, 6.45) is 2.37. The average molecular weight is 434 g/mol. The van der Waals surface area contributed by atoms with Gasteiger partial charge in [0.1, 0.15) is 11.9 Å². The number of anilines is 1. The second kappa shape index (κ2) is 8.12. The predicted octanol–water partition coefficient (Wildman–Crippen LogP) is 0.914. The van der Waals surface area contributed by atoms with Crippen LogP contribution in [0.25, 0.3) is 0 Å². The van der Waals surface area contributed by atoms with E-state index in [0.717, 1.165) is 30.0 Å². The standard InChI is InChI=1S/C22H22N6O4/c29-18-9-7-16(20(30)25-18)28-21(31)13-4-1-3-12(19(13)22(28)32)11-24-17-8-6-15(26-27-17)14-5-2-10-23-14/h1,3-4,6,8,14,16,23H,2,5,7,9-11H2,(H,24,27)(H,25,29,30). The molecular weight excluding hydrogens is 412 g/mol. The van der Waals surface area contributed by atoms with Crippen molar-refractivity contribution in [2.24, 2.45) is 0 Å². The van der Waals surface area contributed by atoms with E-state index in [1.54, 1.807) is 18.2 Å². The Bertz CT molecular complexity index is 1110. The third kappa shape index (κ3) is 3.52. The van der Waals surface area contributed by atoms with Crippen LogP contribution in [0.1, 0.15) is 63.7 Å². The van der Waals surface area contributed by atoms with Gasteiger partial charge >= 0.3 is 0 Å². The van der Waals surface area contributed by atoms with Crippen molar-refractivity contribution in [3.8, 4) is 0 Å². The van der Waals surface area contributed by atoms with Crippen LogP contribution in [0.3, 0.4) is 0 Å². The number of benzene rings is 1. The van der Waals surface area contributed by atoms with Crippen LogP contribution in [0.4, 0.5) is 5.82 Å². The lowest BCUT2D eigenvalue weighted by molar-refractivity contribution is -0.136. The number of nitrogens with zero attached hydrogens (tertiary/aromatic N) is 3. The van der Waals surface area contributed by atoms with E-state index in [4.69, 9.17) is 0 Å². The van der Waals surface area contributed by atoms with Crippen LogP contribution in [0.15, 0.2) is 30.3 Å². The van der Waals surface area contributed by atoms with Gasteiger partial charge in [-0.1, -0.05) is 12.1 Å². The van der Waals surface area contributed by atoms with E-state index in [9.17, 15) is 19.2 Å². The molecule has 3 aliphatic heterocycles.